The average molecular weight is 614 g/mol. The normalized spacial score (nSPS) is 15.0. The number of nitrogens with one attached hydrogen (secondary N) is 1. The van der Waals surface area contributed by atoms with Gasteiger partial charge in [-0.3, -0.25) is 19.8 Å². The first-order valence-electron chi connectivity index (χ1n) is 13.3. The molecule has 14 heteroatoms. The van der Waals surface area contributed by atoms with Crippen LogP contribution in [-0.4, -0.2) is 82.4 Å². The molecule has 44 heavy (non-hydrogen) atoms. The number of carbonyl (C=O) groups is 4. The van der Waals surface area contributed by atoms with Crippen molar-refractivity contribution in [3.8, 4) is 0 Å². The fraction of sp³-hybridized carbons (Fsp3) is 0.333. The molecular weight excluding hydrogens is 578 g/mol. The smallest absolute Gasteiger partial charge is 0.336 e. The molecule has 0 aromatic heterocycles. The lowest BCUT2D eigenvalue weighted by atomic mass is 9.80. The maximum absolute atomic E-state index is 13.3. The Morgan fingerprint density at radius 2 is 1.61 bits per heavy atom. The molecular formula is C30H35N3O11. The van der Waals surface area contributed by atoms with Crippen molar-refractivity contribution in [3.05, 3.63) is 98.4 Å². The predicted octanol–water partition coefficient (Wildman–Crippen LogP) is 2.58. The second-order valence-electron chi connectivity index (χ2n) is 9.79. The fourth-order valence-corrected chi connectivity index (χ4v) is 4.40. The number of aliphatic hydroxyl groups excluding tert-OH is 1. The van der Waals surface area contributed by atoms with Gasteiger partial charge >= 0.3 is 23.9 Å². The van der Waals surface area contributed by atoms with Gasteiger partial charge in [-0.1, -0.05) is 42.5 Å². The lowest BCUT2D eigenvalue weighted by molar-refractivity contribution is -0.384. The Hall–Kier alpha value is -5.08. The lowest BCUT2D eigenvalue weighted by Crippen LogP contribution is -2.33. The molecule has 236 valence electrons. The summed E-state index contributed by atoms with van der Waals surface area (Å²) in [6.45, 7) is 4.74. The van der Waals surface area contributed by atoms with E-state index < -0.39 is 47.2 Å². The molecule has 1 aliphatic rings. The minimum Gasteiger partial charge on any atom is -0.481 e. The van der Waals surface area contributed by atoms with Crippen LogP contribution in [0, 0.1) is 10.1 Å². The Morgan fingerprint density at radius 3 is 2.14 bits per heavy atom. The molecule has 2 aromatic carbocycles. The van der Waals surface area contributed by atoms with E-state index in [1.54, 1.807) is 19.9 Å². The summed E-state index contributed by atoms with van der Waals surface area (Å²) in [5, 5.41) is 38.6. The Kier molecular flexibility index (Phi) is 13.2. The number of aliphatic carboxylic acids is 2. The summed E-state index contributed by atoms with van der Waals surface area (Å²) in [6.07, 6.45) is -2.54. The number of dihydropyridines is 1. The molecule has 2 atom stereocenters. The van der Waals surface area contributed by atoms with Crippen molar-refractivity contribution in [2.75, 3.05) is 27.3 Å². The maximum Gasteiger partial charge on any atom is 0.336 e. The summed E-state index contributed by atoms with van der Waals surface area (Å²) >= 11 is 0. The van der Waals surface area contributed by atoms with Crippen LogP contribution < -0.4 is 5.32 Å². The summed E-state index contributed by atoms with van der Waals surface area (Å²) in [5.41, 5.74) is 2.85. The third-order valence-corrected chi connectivity index (χ3v) is 6.45. The first-order chi connectivity index (χ1) is 20.8. The van der Waals surface area contributed by atoms with Crippen molar-refractivity contribution in [2.45, 2.75) is 38.8 Å². The number of nitro benzene ring substituents is 1. The highest BCUT2D eigenvalue weighted by Crippen LogP contribution is 2.40. The zero-order valence-corrected chi connectivity index (χ0v) is 24.7. The maximum atomic E-state index is 13.3. The molecule has 3 rings (SSSR count). The van der Waals surface area contributed by atoms with Crippen LogP contribution in [0.1, 0.15) is 37.3 Å². The van der Waals surface area contributed by atoms with Gasteiger partial charge in [-0.25, -0.2) is 14.4 Å². The minimum atomic E-state index is -1.79. The number of esters is 2. The van der Waals surface area contributed by atoms with E-state index in [1.807, 2.05) is 42.3 Å². The van der Waals surface area contributed by atoms with E-state index in [-0.39, 0.29) is 23.4 Å². The van der Waals surface area contributed by atoms with Gasteiger partial charge in [-0.15, -0.1) is 0 Å². The van der Waals surface area contributed by atoms with E-state index in [9.17, 15) is 29.3 Å². The summed E-state index contributed by atoms with van der Waals surface area (Å²) in [7, 11) is 3.18. The molecule has 0 fully saturated rings. The molecule has 0 spiro atoms. The van der Waals surface area contributed by atoms with Gasteiger partial charge < -0.3 is 30.1 Å². The van der Waals surface area contributed by atoms with Crippen molar-refractivity contribution in [1.29, 1.82) is 0 Å². The van der Waals surface area contributed by atoms with Crippen molar-refractivity contribution in [1.82, 2.24) is 10.2 Å². The number of hydrogen-bond donors (Lipinski definition) is 4. The number of allylic oxidation sites excluding steroid dienone is 2. The highest BCUT2D eigenvalue weighted by molar-refractivity contribution is 5.99. The summed E-state index contributed by atoms with van der Waals surface area (Å²) < 4.78 is 10.6. The number of hydrogen-bond acceptors (Lipinski definition) is 11. The number of non-ortho nitro benzene ring substituents is 1. The number of aliphatic hydroxyl groups is 1. The van der Waals surface area contributed by atoms with Crippen LogP contribution in [0.15, 0.2) is 77.1 Å². The van der Waals surface area contributed by atoms with Gasteiger partial charge in [0.25, 0.3) is 5.69 Å². The van der Waals surface area contributed by atoms with Gasteiger partial charge in [0.15, 0.2) is 6.10 Å². The summed E-state index contributed by atoms with van der Waals surface area (Å²) in [5.74, 6) is -4.96. The van der Waals surface area contributed by atoms with Gasteiger partial charge in [0.05, 0.1) is 35.5 Å². The molecule has 14 nitrogen and oxygen atoms in total. The number of rotatable bonds is 12. The van der Waals surface area contributed by atoms with Crippen molar-refractivity contribution >= 4 is 29.6 Å². The van der Waals surface area contributed by atoms with Crippen LogP contribution in [-0.2, 0) is 35.2 Å². The van der Waals surface area contributed by atoms with Crippen molar-refractivity contribution in [3.63, 3.8) is 0 Å². The largest absolute Gasteiger partial charge is 0.481 e. The van der Waals surface area contributed by atoms with Gasteiger partial charge in [0.2, 0.25) is 0 Å². The van der Waals surface area contributed by atoms with E-state index in [4.69, 9.17) is 24.8 Å². The van der Waals surface area contributed by atoms with Crippen LogP contribution in [0.2, 0.25) is 0 Å². The highest BCUT2D eigenvalue weighted by atomic mass is 16.6. The second kappa shape index (κ2) is 16.5. The van der Waals surface area contributed by atoms with E-state index in [0.717, 1.165) is 5.56 Å². The zero-order valence-electron chi connectivity index (χ0n) is 24.7. The van der Waals surface area contributed by atoms with Gasteiger partial charge in [-0.2, -0.15) is 0 Å². The molecule has 1 aliphatic heterocycles. The standard InChI is InChI=1S/C26H29N3O6.C4H6O5/c1-17-22(25(30)34-4)24(20-11-8-12-21(15-20)29(32)33)23(18(2)27-17)26(31)35-14-13-28(3)16-19-9-6-5-7-10-19;5-2(4(8)9)1-3(6)7/h5-12,15,24,27H,13-14,16H2,1-4H3;2,5H,1H2,(H,6,7)(H,8,9)/t;2-/m.0/s1. The number of ether oxygens (including phenoxy) is 2. The topological polar surface area (TPSA) is 206 Å². The molecule has 4 N–H and O–H groups in total. The van der Waals surface area contributed by atoms with Crippen molar-refractivity contribution in [2.24, 2.45) is 0 Å². The number of carboxylic acids is 2. The van der Waals surface area contributed by atoms with Gasteiger partial charge in [-0.05, 0) is 32.0 Å². The number of carbonyl (C=O) groups excluding carboxylic acids is 2. The number of benzene rings is 2. The first-order valence-corrected chi connectivity index (χ1v) is 13.3. The Balaban J connectivity index is 0.000000651. The van der Waals surface area contributed by atoms with Gasteiger partial charge in [0.1, 0.15) is 6.61 Å². The molecule has 0 amide bonds. The third kappa shape index (κ3) is 10.0. The van der Waals surface area contributed by atoms with E-state index in [2.05, 4.69) is 5.32 Å². The third-order valence-electron chi connectivity index (χ3n) is 6.45. The molecule has 1 unspecified atom stereocenters. The second-order valence-corrected chi connectivity index (χ2v) is 9.79. The Morgan fingerprint density at radius 1 is 1.00 bits per heavy atom. The molecule has 0 radical (unpaired) electrons. The van der Waals surface area contributed by atoms with Crippen LogP contribution >= 0.6 is 0 Å². The molecule has 0 aliphatic carbocycles. The number of likely N-dealkylation sites (N-methyl/N-ethyl adjacent to an activating group) is 1. The average Bonchev–Trinajstić information content (AvgIpc) is 2.96. The minimum absolute atomic E-state index is 0.136. The fourth-order valence-electron chi connectivity index (χ4n) is 4.40. The van der Waals surface area contributed by atoms with Crippen LogP contribution in [0.5, 0.6) is 0 Å². The summed E-state index contributed by atoms with van der Waals surface area (Å²) in [4.78, 5) is 58.3. The quantitative estimate of drug-likeness (QED) is 0.154. The first kappa shape index (κ1) is 35.1. The molecule has 0 bridgehead atoms. The molecule has 2 aromatic rings. The Bertz CT molecular complexity index is 1440. The molecule has 1 heterocycles. The predicted molar refractivity (Wildman–Crippen MR) is 156 cm³/mol. The van der Waals surface area contributed by atoms with Gasteiger partial charge in [0, 0.05) is 36.6 Å². The van der Waals surface area contributed by atoms with E-state index in [0.29, 0.717) is 30.0 Å². The monoisotopic (exact) mass is 613 g/mol. The SMILES string of the molecule is COC(=O)C1=C(C)NC(C)=C(C(=O)OCCN(C)Cc2ccccc2)C1c1cccc([N+](=O)[O-])c1.O=C(O)C[C@H](O)C(=O)O. The lowest BCUT2D eigenvalue weighted by Gasteiger charge is -2.30. The Labute approximate surface area is 253 Å². The summed E-state index contributed by atoms with van der Waals surface area (Å²) in [6, 6.07) is 15.8. The van der Waals surface area contributed by atoms with E-state index >= 15 is 0 Å². The number of nitrogens with zero attached hydrogens (tertiary/aromatic N) is 2. The van der Waals surface area contributed by atoms with Crippen molar-refractivity contribution < 1.29 is 48.9 Å². The molecule has 0 saturated carbocycles. The number of nitro groups is 1. The van der Waals surface area contributed by atoms with Crippen LogP contribution in [0.25, 0.3) is 0 Å². The van der Waals surface area contributed by atoms with E-state index in [1.165, 1.54) is 25.3 Å². The van der Waals surface area contributed by atoms with Crippen LogP contribution in [0.4, 0.5) is 5.69 Å². The number of carboxylic acid groups (broad SMARTS) is 2. The molecule has 0 saturated heterocycles. The van der Waals surface area contributed by atoms with Crippen LogP contribution in [0.3, 0.4) is 0 Å². The zero-order chi connectivity index (χ0) is 33.0. The highest BCUT2D eigenvalue weighted by Gasteiger charge is 2.38. The number of methoxy groups -OCH3 is 1.